The Bertz CT molecular complexity index is 1440. The summed E-state index contributed by atoms with van der Waals surface area (Å²) in [4.78, 5) is 26.6. The van der Waals surface area contributed by atoms with Crippen LogP contribution in [0.25, 0.3) is 0 Å². The first-order chi connectivity index (χ1) is 37.7. The fraction of sp³-hybridized carbons (Fsp3) is 0.848. The standard InChI is InChI=1S/C66H121NO10/c1-4-7-10-13-16-19-22-25-27-28-29-30-31-32-33-36-39-42-45-48-51-54-61(71)77-64-63(73)62(72)60(55-68)76-66(64)75-56-57(58(69)52-49-46-43-40-37-34-24-21-18-15-12-9-6-3)67-65(74)59(70)53-50-47-44-41-38-35-26-23-20-17-14-11-8-5-2/h16,19,25,27,29-30,49,52,57-60,62-64,66,68-70,72-73H,4-15,17-18,20-24,26,28,31-48,50-51,53-56H2,1-3H3,(H,67,74)/b19-16-,27-25-,30-29-,52-49+. The Morgan fingerprint density at radius 3 is 1.36 bits per heavy atom. The number of esters is 1. The van der Waals surface area contributed by atoms with E-state index in [1.807, 2.05) is 6.08 Å². The number of aliphatic hydroxyl groups is 5. The highest BCUT2D eigenvalue weighted by Gasteiger charge is 2.47. The third kappa shape index (κ3) is 42.2. The number of ether oxygens (including phenoxy) is 3. The molecule has 11 heteroatoms. The van der Waals surface area contributed by atoms with Crippen molar-refractivity contribution in [3.8, 4) is 0 Å². The maximum Gasteiger partial charge on any atom is 0.306 e. The van der Waals surface area contributed by atoms with Crippen LogP contribution in [-0.2, 0) is 23.8 Å². The van der Waals surface area contributed by atoms with Gasteiger partial charge in [0.15, 0.2) is 12.4 Å². The van der Waals surface area contributed by atoms with E-state index in [2.05, 4.69) is 62.5 Å². The molecule has 0 aromatic rings. The van der Waals surface area contributed by atoms with E-state index in [4.69, 9.17) is 14.2 Å². The van der Waals surface area contributed by atoms with Crippen molar-refractivity contribution in [1.29, 1.82) is 0 Å². The van der Waals surface area contributed by atoms with Crippen molar-refractivity contribution in [3.63, 3.8) is 0 Å². The first-order valence-electron chi connectivity index (χ1n) is 32.4. The van der Waals surface area contributed by atoms with Crippen LogP contribution in [0.5, 0.6) is 0 Å². The van der Waals surface area contributed by atoms with Gasteiger partial charge < -0.3 is 45.1 Å². The van der Waals surface area contributed by atoms with Gasteiger partial charge in [0.2, 0.25) is 5.91 Å². The molecule has 1 fully saturated rings. The van der Waals surface area contributed by atoms with Gasteiger partial charge in [0.25, 0.3) is 0 Å². The van der Waals surface area contributed by atoms with E-state index < -0.39 is 67.4 Å². The molecule has 8 unspecified atom stereocenters. The van der Waals surface area contributed by atoms with Crippen molar-refractivity contribution in [3.05, 3.63) is 48.6 Å². The van der Waals surface area contributed by atoms with Gasteiger partial charge in [-0.1, -0.05) is 275 Å². The summed E-state index contributed by atoms with van der Waals surface area (Å²) in [5, 5.41) is 57.0. The number of amides is 1. The number of carbonyl (C=O) groups excluding carboxylic acids is 2. The Morgan fingerprint density at radius 2 is 0.896 bits per heavy atom. The summed E-state index contributed by atoms with van der Waals surface area (Å²) in [7, 11) is 0. The van der Waals surface area contributed by atoms with Crippen molar-refractivity contribution in [2.75, 3.05) is 13.2 Å². The lowest BCUT2D eigenvalue weighted by molar-refractivity contribution is -0.305. The molecule has 0 aromatic carbocycles. The number of hydrogen-bond donors (Lipinski definition) is 6. The van der Waals surface area contributed by atoms with E-state index in [9.17, 15) is 35.1 Å². The molecule has 0 radical (unpaired) electrons. The van der Waals surface area contributed by atoms with Crippen LogP contribution in [-0.4, -0.2) is 99.6 Å². The van der Waals surface area contributed by atoms with Crippen LogP contribution in [0.2, 0.25) is 0 Å². The number of allylic oxidation sites excluding steroid dienone is 7. The average Bonchev–Trinajstić information content (AvgIpc) is 3.43. The summed E-state index contributed by atoms with van der Waals surface area (Å²) in [5.41, 5.74) is 0. The van der Waals surface area contributed by atoms with E-state index in [-0.39, 0.29) is 13.0 Å². The predicted molar refractivity (Wildman–Crippen MR) is 320 cm³/mol. The van der Waals surface area contributed by atoms with Gasteiger partial charge >= 0.3 is 5.97 Å². The first-order valence-corrected chi connectivity index (χ1v) is 32.4. The molecule has 11 nitrogen and oxygen atoms in total. The summed E-state index contributed by atoms with van der Waals surface area (Å²) < 4.78 is 17.6. The minimum atomic E-state index is -1.62. The lowest BCUT2D eigenvalue weighted by Gasteiger charge is -2.41. The van der Waals surface area contributed by atoms with Crippen molar-refractivity contribution < 1.29 is 49.3 Å². The van der Waals surface area contributed by atoms with Crippen LogP contribution in [0, 0.1) is 0 Å². The van der Waals surface area contributed by atoms with Crippen molar-refractivity contribution in [2.24, 2.45) is 0 Å². The zero-order valence-electron chi connectivity index (χ0n) is 49.8. The Hall–Kier alpha value is -2.38. The maximum atomic E-state index is 13.4. The minimum absolute atomic E-state index is 0.116. The molecule has 0 aromatic heterocycles. The predicted octanol–water partition coefficient (Wildman–Crippen LogP) is 15.6. The molecule has 1 rings (SSSR count). The molecule has 1 amide bonds. The number of hydrogen-bond acceptors (Lipinski definition) is 10. The Morgan fingerprint density at radius 1 is 0.506 bits per heavy atom. The second-order valence-electron chi connectivity index (χ2n) is 22.5. The van der Waals surface area contributed by atoms with E-state index >= 15 is 0 Å². The summed E-state index contributed by atoms with van der Waals surface area (Å²) in [6, 6.07) is -1.02. The topological polar surface area (TPSA) is 175 Å². The highest BCUT2D eigenvalue weighted by atomic mass is 16.7. The molecule has 1 saturated heterocycles. The fourth-order valence-corrected chi connectivity index (χ4v) is 10.1. The zero-order chi connectivity index (χ0) is 56.1. The molecule has 1 aliphatic rings. The van der Waals surface area contributed by atoms with Gasteiger partial charge in [-0.2, -0.15) is 0 Å². The van der Waals surface area contributed by atoms with Crippen LogP contribution in [0.3, 0.4) is 0 Å². The Kier molecular flexibility index (Phi) is 51.1. The second-order valence-corrected chi connectivity index (χ2v) is 22.5. The smallest absolute Gasteiger partial charge is 0.306 e. The molecule has 0 bridgehead atoms. The lowest BCUT2D eigenvalue weighted by atomic mass is 9.99. The van der Waals surface area contributed by atoms with Crippen molar-refractivity contribution in [1.82, 2.24) is 5.32 Å². The Balaban J connectivity index is 2.65. The highest BCUT2D eigenvalue weighted by Crippen LogP contribution is 2.26. The largest absolute Gasteiger partial charge is 0.454 e. The van der Waals surface area contributed by atoms with Gasteiger partial charge in [-0.3, -0.25) is 9.59 Å². The molecule has 0 aliphatic carbocycles. The van der Waals surface area contributed by atoms with Crippen LogP contribution in [0.15, 0.2) is 48.6 Å². The summed E-state index contributed by atoms with van der Waals surface area (Å²) >= 11 is 0. The SMILES string of the molecule is CCCCC/C=C\C/C=C\C/C=C\CCCCCCCCCCC(=O)OC1C(OCC(NC(=O)C(O)CCCCCCCCCCCCCCCC)C(O)/C=C/CCCCCCCCCCCCC)OC(CO)C(O)C1O. The number of rotatable bonds is 55. The van der Waals surface area contributed by atoms with Crippen LogP contribution >= 0.6 is 0 Å². The summed E-state index contributed by atoms with van der Waals surface area (Å²) in [6.07, 6.45) is 55.7. The third-order valence-electron chi connectivity index (χ3n) is 15.2. The molecular formula is C66H121NO10. The van der Waals surface area contributed by atoms with Gasteiger partial charge in [-0.05, 0) is 64.2 Å². The van der Waals surface area contributed by atoms with Gasteiger partial charge in [-0.25, -0.2) is 0 Å². The maximum absolute atomic E-state index is 13.4. The average molecular weight is 1090 g/mol. The molecule has 77 heavy (non-hydrogen) atoms. The van der Waals surface area contributed by atoms with Gasteiger partial charge in [0, 0.05) is 6.42 Å². The van der Waals surface area contributed by atoms with Gasteiger partial charge in [-0.15, -0.1) is 0 Å². The van der Waals surface area contributed by atoms with E-state index in [1.165, 1.54) is 167 Å². The monoisotopic (exact) mass is 1090 g/mol. The molecule has 1 aliphatic heterocycles. The van der Waals surface area contributed by atoms with Gasteiger partial charge in [0.1, 0.15) is 24.4 Å². The number of nitrogens with one attached hydrogen (secondary N) is 1. The van der Waals surface area contributed by atoms with Crippen molar-refractivity contribution >= 4 is 11.9 Å². The number of carbonyl (C=O) groups is 2. The van der Waals surface area contributed by atoms with E-state index in [0.717, 1.165) is 83.5 Å². The molecule has 1 heterocycles. The van der Waals surface area contributed by atoms with Gasteiger partial charge in [0.05, 0.1) is 25.4 Å². The first kappa shape index (κ1) is 72.6. The Labute approximate surface area is 472 Å². The number of unbranched alkanes of at least 4 members (excludes halogenated alkanes) is 35. The molecular weight excluding hydrogens is 967 g/mol. The molecule has 0 spiro atoms. The van der Waals surface area contributed by atoms with E-state index in [0.29, 0.717) is 19.3 Å². The quantitative estimate of drug-likeness (QED) is 0.0195. The zero-order valence-corrected chi connectivity index (χ0v) is 49.8. The van der Waals surface area contributed by atoms with Crippen LogP contribution in [0.1, 0.15) is 297 Å². The molecule has 0 saturated carbocycles. The molecule has 450 valence electrons. The number of aliphatic hydroxyl groups excluding tert-OH is 5. The second kappa shape index (κ2) is 54.2. The molecule has 8 atom stereocenters. The molecule has 6 N–H and O–H groups in total. The lowest BCUT2D eigenvalue weighted by Crippen LogP contribution is -2.61. The summed E-state index contributed by atoms with van der Waals surface area (Å²) in [5.74, 6) is -1.19. The van der Waals surface area contributed by atoms with Crippen molar-refractivity contribution in [2.45, 2.75) is 346 Å². The normalized spacial score (nSPS) is 19.3. The highest BCUT2D eigenvalue weighted by molar-refractivity contribution is 5.80. The van der Waals surface area contributed by atoms with Crippen LogP contribution in [0.4, 0.5) is 0 Å². The minimum Gasteiger partial charge on any atom is -0.454 e. The third-order valence-corrected chi connectivity index (χ3v) is 15.2. The van der Waals surface area contributed by atoms with E-state index in [1.54, 1.807) is 6.08 Å². The fourth-order valence-electron chi connectivity index (χ4n) is 10.1. The van der Waals surface area contributed by atoms with Crippen LogP contribution < -0.4 is 5.32 Å². The summed E-state index contributed by atoms with van der Waals surface area (Å²) in [6.45, 7) is 5.78.